The van der Waals surface area contributed by atoms with Crippen LogP contribution in [0.3, 0.4) is 0 Å². The van der Waals surface area contributed by atoms with Crippen molar-refractivity contribution in [1.82, 2.24) is 19.5 Å². The van der Waals surface area contributed by atoms with Crippen molar-refractivity contribution < 1.29 is 0 Å². The lowest BCUT2D eigenvalue weighted by atomic mass is 9.96. The third kappa shape index (κ3) is 6.96. The molecule has 286 valence electrons. The first kappa shape index (κ1) is 35.9. The van der Waals surface area contributed by atoms with Gasteiger partial charge in [0.15, 0.2) is 17.5 Å². The lowest BCUT2D eigenvalue weighted by Crippen LogP contribution is -2.00. The molecule has 0 saturated heterocycles. The number of aromatic nitrogens is 4. The molecule has 0 aliphatic carbocycles. The Kier molecular flexibility index (Phi) is 9.14. The van der Waals surface area contributed by atoms with Crippen molar-refractivity contribution in [2.24, 2.45) is 0 Å². The maximum Gasteiger partial charge on any atom is 0.164 e. The highest BCUT2D eigenvalue weighted by Crippen LogP contribution is 2.37. The second-order valence-corrected chi connectivity index (χ2v) is 15.3. The first-order valence-corrected chi connectivity index (χ1v) is 20.6. The van der Waals surface area contributed by atoms with Crippen LogP contribution in [0.15, 0.2) is 231 Å². The molecule has 9 aromatic carbocycles. The van der Waals surface area contributed by atoms with E-state index in [1.54, 1.807) is 0 Å². The molecule has 0 amide bonds. The van der Waals surface area contributed by atoms with Crippen molar-refractivity contribution in [3.8, 4) is 84.4 Å². The van der Waals surface area contributed by atoms with Gasteiger partial charge in [0, 0.05) is 33.2 Å². The van der Waals surface area contributed by atoms with Gasteiger partial charge in [-0.05, 0) is 93.0 Å². The van der Waals surface area contributed by atoms with Crippen molar-refractivity contribution in [2.45, 2.75) is 0 Å². The average molecular weight is 779 g/mol. The van der Waals surface area contributed by atoms with Crippen LogP contribution in [-0.2, 0) is 0 Å². The molecule has 0 radical (unpaired) electrons. The molecule has 11 aromatic rings. The minimum atomic E-state index is 0.624. The molecule has 0 N–H and O–H groups in total. The standard InChI is InChI=1S/C57H38N4/c1-5-15-39(16-6-1)46-31-34-54-52(38-46)51-23-13-14-24-53(51)61(54)50-32-29-43(30-33-50)42-25-27-45(28-26-42)56-58-55(44-21-11-4-12-22-44)59-57(60-56)49-36-47(40-17-7-2-8-18-40)35-48(37-49)41-19-9-3-10-20-41/h1-38H. The van der Waals surface area contributed by atoms with Crippen LogP contribution in [0.1, 0.15) is 0 Å². The number of rotatable bonds is 8. The molecule has 0 saturated carbocycles. The normalized spacial score (nSPS) is 11.3. The average Bonchev–Trinajstić information content (AvgIpc) is 3.68. The molecule has 0 aliphatic rings. The van der Waals surface area contributed by atoms with Crippen molar-refractivity contribution >= 4 is 21.8 Å². The molecular weight excluding hydrogens is 741 g/mol. The highest BCUT2D eigenvalue weighted by Gasteiger charge is 2.16. The van der Waals surface area contributed by atoms with E-state index in [1.165, 1.54) is 32.9 Å². The predicted octanol–water partition coefficient (Wildman–Crippen LogP) is 14.6. The number of para-hydroxylation sites is 1. The van der Waals surface area contributed by atoms with E-state index >= 15 is 0 Å². The number of nitrogens with zero attached hydrogens (tertiary/aromatic N) is 4. The van der Waals surface area contributed by atoms with Gasteiger partial charge >= 0.3 is 0 Å². The van der Waals surface area contributed by atoms with Gasteiger partial charge in [-0.25, -0.2) is 15.0 Å². The summed E-state index contributed by atoms with van der Waals surface area (Å²) in [5.41, 5.74) is 15.4. The van der Waals surface area contributed by atoms with Crippen molar-refractivity contribution in [2.75, 3.05) is 0 Å². The van der Waals surface area contributed by atoms with Crippen LogP contribution in [0, 0.1) is 0 Å². The fourth-order valence-electron chi connectivity index (χ4n) is 8.38. The van der Waals surface area contributed by atoms with Crippen LogP contribution < -0.4 is 0 Å². The second-order valence-electron chi connectivity index (χ2n) is 15.3. The largest absolute Gasteiger partial charge is 0.309 e. The molecule has 0 fully saturated rings. The zero-order chi connectivity index (χ0) is 40.5. The van der Waals surface area contributed by atoms with Gasteiger partial charge < -0.3 is 4.57 Å². The Labute approximate surface area is 354 Å². The van der Waals surface area contributed by atoms with Gasteiger partial charge in [-0.15, -0.1) is 0 Å². The minimum Gasteiger partial charge on any atom is -0.309 e. The number of fused-ring (bicyclic) bond motifs is 3. The third-order valence-electron chi connectivity index (χ3n) is 11.5. The lowest BCUT2D eigenvalue weighted by molar-refractivity contribution is 1.07. The van der Waals surface area contributed by atoms with Crippen LogP contribution in [-0.4, -0.2) is 19.5 Å². The fourth-order valence-corrected chi connectivity index (χ4v) is 8.38. The van der Waals surface area contributed by atoms with Gasteiger partial charge in [0.25, 0.3) is 0 Å². The lowest BCUT2D eigenvalue weighted by Gasteiger charge is -2.13. The number of benzene rings is 9. The molecule has 0 aliphatic heterocycles. The summed E-state index contributed by atoms with van der Waals surface area (Å²) in [5.74, 6) is 1.88. The first-order chi connectivity index (χ1) is 30.2. The van der Waals surface area contributed by atoms with E-state index in [0.717, 1.165) is 55.8 Å². The van der Waals surface area contributed by atoms with Gasteiger partial charge in [0.1, 0.15) is 0 Å². The Morgan fingerprint density at radius 2 is 0.590 bits per heavy atom. The molecule has 0 atom stereocenters. The Balaban J connectivity index is 0.955. The van der Waals surface area contributed by atoms with Crippen LogP contribution in [0.5, 0.6) is 0 Å². The molecule has 4 nitrogen and oxygen atoms in total. The number of hydrogen-bond donors (Lipinski definition) is 0. The first-order valence-electron chi connectivity index (χ1n) is 20.6. The maximum absolute atomic E-state index is 5.16. The summed E-state index contributed by atoms with van der Waals surface area (Å²) < 4.78 is 2.37. The smallest absolute Gasteiger partial charge is 0.164 e. The van der Waals surface area contributed by atoms with Gasteiger partial charge in [-0.3, -0.25) is 0 Å². The third-order valence-corrected chi connectivity index (χ3v) is 11.5. The predicted molar refractivity (Wildman–Crippen MR) is 252 cm³/mol. The quantitative estimate of drug-likeness (QED) is 0.154. The zero-order valence-corrected chi connectivity index (χ0v) is 33.2. The SMILES string of the molecule is c1ccc(-c2cc(-c3ccccc3)cc(-c3nc(-c4ccccc4)nc(-c4ccc(-c5ccc(-n6c7ccccc7c7cc(-c8ccccc8)ccc76)cc5)cc4)n3)c2)cc1. The highest BCUT2D eigenvalue weighted by molar-refractivity contribution is 6.10. The molecule has 2 aromatic heterocycles. The van der Waals surface area contributed by atoms with Crippen molar-refractivity contribution in [3.63, 3.8) is 0 Å². The van der Waals surface area contributed by atoms with Crippen LogP contribution in [0.4, 0.5) is 0 Å². The topological polar surface area (TPSA) is 43.6 Å². The Morgan fingerprint density at radius 3 is 1.15 bits per heavy atom. The summed E-state index contributed by atoms with van der Waals surface area (Å²) in [7, 11) is 0. The molecule has 0 spiro atoms. The molecule has 2 heterocycles. The van der Waals surface area contributed by atoms with Crippen LogP contribution in [0.25, 0.3) is 106 Å². The van der Waals surface area contributed by atoms with E-state index in [1.807, 2.05) is 42.5 Å². The monoisotopic (exact) mass is 778 g/mol. The Morgan fingerprint density at radius 1 is 0.230 bits per heavy atom. The molecular formula is C57H38N4. The highest BCUT2D eigenvalue weighted by atomic mass is 15.0. The number of hydrogen-bond acceptors (Lipinski definition) is 3. The van der Waals surface area contributed by atoms with Gasteiger partial charge in [-0.1, -0.05) is 182 Å². The summed E-state index contributed by atoms with van der Waals surface area (Å²) in [6.07, 6.45) is 0. The molecule has 4 heteroatoms. The zero-order valence-electron chi connectivity index (χ0n) is 33.2. The van der Waals surface area contributed by atoms with Gasteiger partial charge in [0.2, 0.25) is 0 Å². The Bertz CT molecular complexity index is 3250. The van der Waals surface area contributed by atoms with Crippen molar-refractivity contribution in [1.29, 1.82) is 0 Å². The van der Waals surface area contributed by atoms with Gasteiger partial charge in [-0.2, -0.15) is 0 Å². The fraction of sp³-hybridized carbons (Fsp3) is 0. The van der Waals surface area contributed by atoms with E-state index in [9.17, 15) is 0 Å². The molecule has 11 rings (SSSR count). The van der Waals surface area contributed by atoms with E-state index in [0.29, 0.717) is 17.5 Å². The molecule has 0 unspecified atom stereocenters. The van der Waals surface area contributed by atoms with Crippen LogP contribution in [0.2, 0.25) is 0 Å². The Hall–Kier alpha value is -8.21. The molecule has 61 heavy (non-hydrogen) atoms. The van der Waals surface area contributed by atoms with Crippen molar-refractivity contribution in [3.05, 3.63) is 231 Å². The summed E-state index contributed by atoms with van der Waals surface area (Å²) >= 11 is 0. The van der Waals surface area contributed by atoms with E-state index in [-0.39, 0.29) is 0 Å². The minimum absolute atomic E-state index is 0.624. The summed E-state index contributed by atoms with van der Waals surface area (Å²) in [5, 5.41) is 2.49. The molecule has 0 bridgehead atoms. The summed E-state index contributed by atoms with van der Waals surface area (Å²) in [4.78, 5) is 15.3. The van der Waals surface area contributed by atoms with Gasteiger partial charge in [0.05, 0.1) is 11.0 Å². The van der Waals surface area contributed by atoms with E-state index in [2.05, 4.69) is 193 Å². The van der Waals surface area contributed by atoms with E-state index < -0.39 is 0 Å². The van der Waals surface area contributed by atoms with E-state index in [4.69, 9.17) is 15.0 Å². The summed E-state index contributed by atoms with van der Waals surface area (Å²) in [6.45, 7) is 0. The van der Waals surface area contributed by atoms with Crippen LogP contribution >= 0.6 is 0 Å². The summed E-state index contributed by atoms with van der Waals surface area (Å²) in [6, 6.07) is 81.2. The maximum atomic E-state index is 5.16. The second kappa shape index (κ2) is 15.5.